The van der Waals surface area contributed by atoms with E-state index in [1.165, 1.54) is 6.08 Å². The Morgan fingerprint density at radius 2 is 2.00 bits per heavy atom. The van der Waals surface area contributed by atoms with Crippen molar-refractivity contribution < 1.29 is 4.79 Å². The van der Waals surface area contributed by atoms with Gasteiger partial charge in [-0.3, -0.25) is 4.79 Å². The van der Waals surface area contributed by atoms with Gasteiger partial charge in [0.1, 0.15) is 0 Å². The smallest absolute Gasteiger partial charge is 0.241 e. The number of rotatable bonds is 4. The predicted molar refractivity (Wildman–Crippen MR) is 51.5 cm³/mol. The third-order valence-electron chi connectivity index (χ3n) is 1.42. The van der Waals surface area contributed by atoms with E-state index in [2.05, 4.69) is 26.8 Å². The van der Waals surface area contributed by atoms with Gasteiger partial charge in [0.05, 0.1) is 0 Å². The van der Waals surface area contributed by atoms with Crippen molar-refractivity contribution in [2.75, 3.05) is 0 Å². The predicted octanol–water partition coefficient (Wildman–Crippen LogP) is 2.02. The van der Waals surface area contributed by atoms with E-state index in [4.69, 9.17) is 5.73 Å². The molecule has 0 fully saturated rings. The summed E-state index contributed by atoms with van der Waals surface area (Å²) < 4.78 is 0. The Morgan fingerprint density at radius 1 is 1.42 bits per heavy atom. The first-order chi connectivity index (χ1) is 5.56. The Labute approximate surface area is 74.1 Å². The standard InChI is InChI=1S/C10H17NO/c1-4-9(7-8(2)3)5-6-10(11)12/h5-8H,4H2,1-3H3,(H2,11,12)/b6-5+,9-7+. The average Bonchev–Trinajstić information content (AvgIpc) is 1.97. The molecule has 0 aliphatic carbocycles. The quantitative estimate of drug-likeness (QED) is 0.505. The second kappa shape index (κ2) is 5.58. The summed E-state index contributed by atoms with van der Waals surface area (Å²) >= 11 is 0. The number of hydrogen-bond donors (Lipinski definition) is 1. The van der Waals surface area contributed by atoms with Crippen molar-refractivity contribution in [3.8, 4) is 0 Å². The van der Waals surface area contributed by atoms with Gasteiger partial charge in [0, 0.05) is 6.08 Å². The van der Waals surface area contributed by atoms with Crippen molar-refractivity contribution in [3.63, 3.8) is 0 Å². The minimum atomic E-state index is -0.391. The fraction of sp³-hybridized carbons (Fsp3) is 0.500. The zero-order chi connectivity index (χ0) is 9.56. The van der Waals surface area contributed by atoms with Crippen LogP contribution in [-0.4, -0.2) is 5.91 Å². The van der Waals surface area contributed by atoms with Crippen LogP contribution in [0.25, 0.3) is 0 Å². The number of primary amides is 1. The first kappa shape index (κ1) is 11.0. The third-order valence-corrected chi connectivity index (χ3v) is 1.42. The highest BCUT2D eigenvalue weighted by Crippen LogP contribution is 2.07. The van der Waals surface area contributed by atoms with Crippen molar-refractivity contribution >= 4 is 5.91 Å². The summed E-state index contributed by atoms with van der Waals surface area (Å²) in [6.07, 6.45) is 6.24. The molecule has 0 aromatic carbocycles. The van der Waals surface area contributed by atoms with Crippen LogP contribution in [-0.2, 0) is 4.79 Å². The fourth-order valence-electron chi connectivity index (χ4n) is 0.909. The van der Waals surface area contributed by atoms with E-state index < -0.39 is 5.91 Å². The molecule has 0 heterocycles. The number of carbonyl (C=O) groups excluding carboxylic acids is 1. The lowest BCUT2D eigenvalue weighted by molar-refractivity contribution is -0.113. The molecule has 12 heavy (non-hydrogen) atoms. The molecule has 68 valence electrons. The Hall–Kier alpha value is -1.05. The number of nitrogens with two attached hydrogens (primary N) is 1. The molecule has 0 saturated heterocycles. The first-order valence-corrected chi connectivity index (χ1v) is 4.24. The van der Waals surface area contributed by atoms with Crippen LogP contribution in [0.1, 0.15) is 27.2 Å². The van der Waals surface area contributed by atoms with E-state index in [9.17, 15) is 4.79 Å². The molecule has 0 unspecified atom stereocenters. The van der Waals surface area contributed by atoms with Gasteiger partial charge in [-0.05, 0) is 12.3 Å². The van der Waals surface area contributed by atoms with E-state index in [1.807, 2.05) is 0 Å². The highest BCUT2D eigenvalue weighted by atomic mass is 16.1. The molecule has 0 radical (unpaired) electrons. The van der Waals surface area contributed by atoms with Crippen LogP contribution in [0.4, 0.5) is 0 Å². The third kappa shape index (κ3) is 5.71. The first-order valence-electron chi connectivity index (χ1n) is 4.24. The van der Waals surface area contributed by atoms with E-state index in [0.29, 0.717) is 5.92 Å². The molecule has 0 rings (SSSR count). The minimum absolute atomic E-state index is 0.391. The molecule has 2 N–H and O–H groups in total. The summed E-state index contributed by atoms with van der Waals surface area (Å²) in [7, 11) is 0. The van der Waals surface area contributed by atoms with Crippen molar-refractivity contribution in [2.24, 2.45) is 11.7 Å². The summed E-state index contributed by atoms with van der Waals surface area (Å²) in [6.45, 7) is 6.26. The SMILES string of the molecule is CCC(/C=C/C(N)=O)=C\C(C)C. The molecule has 0 aromatic heterocycles. The topological polar surface area (TPSA) is 43.1 Å². The molecule has 0 bridgehead atoms. The van der Waals surface area contributed by atoms with Gasteiger partial charge >= 0.3 is 0 Å². The van der Waals surface area contributed by atoms with Crippen LogP contribution in [0.15, 0.2) is 23.8 Å². The Morgan fingerprint density at radius 3 is 2.33 bits per heavy atom. The van der Waals surface area contributed by atoms with E-state index in [-0.39, 0.29) is 0 Å². The van der Waals surface area contributed by atoms with Crippen LogP contribution in [0.3, 0.4) is 0 Å². The molecular formula is C10H17NO. The second-order valence-electron chi connectivity index (χ2n) is 3.07. The van der Waals surface area contributed by atoms with E-state index in [1.54, 1.807) is 6.08 Å². The lowest BCUT2D eigenvalue weighted by atomic mass is 10.1. The maximum Gasteiger partial charge on any atom is 0.241 e. The Balaban J connectivity index is 4.27. The Bertz CT molecular complexity index is 202. The van der Waals surface area contributed by atoms with E-state index in [0.717, 1.165) is 12.0 Å². The van der Waals surface area contributed by atoms with Crippen molar-refractivity contribution in [2.45, 2.75) is 27.2 Å². The van der Waals surface area contributed by atoms with E-state index >= 15 is 0 Å². The summed E-state index contributed by atoms with van der Waals surface area (Å²) in [4.78, 5) is 10.4. The molecule has 0 atom stereocenters. The van der Waals surface area contributed by atoms with Gasteiger partial charge in [0.15, 0.2) is 0 Å². The monoisotopic (exact) mass is 167 g/mol. The summed E-state index contributed by atoms with van der Waals surface area (Å²) in [5.41, 5.74) is 6.13. The van der Waals surface area contributed by atoms with Crippen molar-refractivity contribution in [1.29, 1.82) is 0 Å². The number of allylic oxidation sites excluding steroid dienone is 3. The van der Waals surface area contributed by atoms with Crippen LogP contribution in [0.2, 0.25) is 0 Å². The highest BCUT2D eigenvalue weighted by Gasteiger charge is 1.92. The van der Waals surface area contributed by atoms with Gasteiger partial charge in [-0.25, -0.2) is 0 Å². The van der Waals surface area contributed by atoms with Gasteiger partial charge in [-0.15, -0.1) is 0 Å². The van der Waals surface area contributed by atoms with Crippen molar-refractivity contribution in [3.05, 3.63) is 23.8 Å². The average molecular weight is 167 g/mol. The summed E-state index contributed by atoms with van der Waals surface area (Å²) in [5, 5.41) is 0. The molecule has 0 aromatic rings. The van der Waals surface area contributed by atoms with Gasteiger partial charge in [-0.2, -0.15) is 0 Å². The molecule has 1 amide bonds. The largest absolute Gasteiger partial charge is 0.366 e. The van der Waals surface area contributed by atoms with Crippen LogP contribution in [0, 0.1) is 5.92 Å². The van der Waals surface area contributed by atoms with Crippen LogP contribution in [0.5, 0.6) is 0 Å². The summed E-state index contributed by atoms with van der Waals surface area (Å²) in [5.74, 6) is 0.121. The second-order valence-corrected chi connectivity index (χ2v) is 3.07. The Kier molecular flexibility index (Phi) is 5.09. The number of carbonyl (C=O) groups is 1. The lowest BCUT2D eigenvalue weighted by Crippen LogP contribution is -2.05. The number of hydrogen-bond acceptors (Lipinski definition) is 1. The van der Waals surface area contributed by atoms with Crippen LogP contribution >= 0.6 is 0 Å². The molecule has 0 aliphatic heterocycles. The molecule has 0 aliphatic rings. The fourth-order valence-corrected chi connectivity index (χ4v) is 0.909. The van der Waals surface area contributed by atoms with Gasteiger partial charge < -0.3 is 5.73 Å². The van der Waals surface area contributed by atoms with Gasteiger partial charge in [0.25, 0.3) is 0 Å². The minimum Gasteiger partial charge on any atom is -0.366 e. The molecular weight excluding hydrogens is 150 g/mol. The summed E-state index contributed by atoms with van der Waals surface area (Å²) in [6, 6.07) is 0. The molecule has 0 saturated carbocycles. The zero-order valence-corrected chi connectivity index (χ0v) is 8.00. The zero-order valence-electron chi connectivity index (χ0n) is 8.00. The normalized spacial score (nSPS) is 12.8. The molecule has 2 heteroatoms. The van der Waals surface area contributed by atoms with Gasteiger partial charge in [0.2, 0.25) is 5.91 Å². The molecule has 2 nitrogen and oxygen atoms in total. The molecule has 0 spiro atoms. The maximum atomic E-state index is 10.4. The van der Waals surface area contributed by atoms with Gasteiger partial charge in [-0.1, -0.05) is 38.5 Å². The number of amides is 1. The lowest BCUT2D eigenvalue weighted by Gasteiger charge is -1.99. The van der Waals surface area contributed by atoms with Crippen LogP contribution < -0.4 is 5.73 Å². The maximum absolute atomic E-state index is 10.4. The van der Waals surface area contributed by atoms with Crippen molar-refractivity contribution in [1.82, 2.24) is 0 Å². The highest BCUT2D eigenvalue weighted by molar-refractivity contribution is 5.86.